The standard InChI is InChI=1S/C14H10BrFO3/c15-11-3-1-2-4-13(11)19-8-10-7-9(14(17)18)5-6-12(10)16/h1-7H,8H2,(H,17,18). The van der Waals surface area contributed by atoms with Gasteiger partial charge in [0.25, 0.3) is 0 Å². The van der Waals surface area contributed by atoms with Crippen molar-refractivity contribution in [1.29, 1.82) is 0 Å². The minimum absolute atomic E-state index is 0.0322. The molecule has 0 bridgehead atoms. The smallest absolute Gasteiger partial charge is 0.335 e. The van der Waals surface area contributed by atoms with Gasteiger partial charge in [0.1, 0.15) is 18.2 Å². The largest absolute Gasteiger partial charge is 0.488 e. The fourth-order valence-corrected chi connectivity index (χ4v) is 1.93. The lowest BCUT2D eigenvalue weighted by molar-refractivity contribution is 0.0696. The van der Waals surface area contributed by atoms with E-state index in [-0.39, 0.29) is 17.7 Å². The van der Waals surface area contributed by atoms with Gasteiger partial charge in [0, 0.05) is 5.56 Å². The van der Waals surface area contributed by atoms with Crippen molar-refractivity contribution in [3.63, 3.8) is 0 Å². The number of carboxylic acids is 1. The third kappa shape index (κ3) is 3.32. The van der Waals surface area contributed by atoms with E-state index in [1.54, 1.807) is 18.2 Å². The van der Waals surface area contributed by atoms with Crippen molar-refractivity contribution in [2.24, 2.45) is 0 Å². The van der Waals surface area contributed by atoms with Crippen LogP contribution in [0.3, 0.4) is 0 Å². The zero-order valence-electron chi connectivity index (χ0n) is 9.77. The van der Waals surface area contributed by atoms with E-state index in [9.17, 15) is 9.18 Å². The molecule has 0 atom stereocenters. The van der Waals surface area contributed by atoms with E-state index in [2.05, 4.69) is 15.9 Å². The molecule has 19 heavy (non-hydrogen) atoms. The van der Waals surface area contributed by atoms with Crippen LogP contribution in [0.15, 0.2) is 46.9 Å². The summed E-state index contributed by atoms with van der Waals surface area (Å²) in [6.45, 7) is -0.0322. The van der Waals surface area contributed by atoms with Crippen molar-refractivity contribution in [1.82, 2.24) is 0 Å². The quantitative estimate of drug-likeness (QED) is 0.928. The maximum absolute atomic E-state index is 13.6. The second-order valence-electron chi connectivity index (χ2n) is 3.83. The lowest BCUT2D eigenvalue weighted by Crippen LogP contribution is -2.03. The fraction of sp³-hybridized carbons (Fsp3) is 0.0714. The van der Waals surface area contributed by atoms with Gasteiger partial charge in [-0.15, -0.1) is 0 Å². The van der Waals surface area contributed by atoms with Crippen LogP contribution >= 0.6 is 15.9 Å². The number of carbonyl (C=O) groups is 1. The number of halogens is 2. The lowest BCUT2D eigenvalue weighted by atomic mass is 10.1. The van der Waals surface area contributed by atoms with Crippen LogP contribution in [-0.4, -0.2) is 11.1 Å². The third-order valence-electron chi connectivity index (χ3n) is 2.51. The zero-order valence-corrected chi connectivity index (χ0v) is 11.4. The van der Waals surface area contributed by atoms with Gasteiger partial charge in [-0.05, 0) is 46.3 Å². The predicted molar refractivity (Wildman–Crippen MR) is 71.8 cm³/mol. The highest BCUT2D eigenvalue weighted by atomic mass is 79.9. The molecule has 0 spiro atoms. The predicted octanol–water partition coefficient (Wildman–Crippen LogP) is 3.87. The Labute approximate surface area is 117 Å². The lowest BCUT2D eigenvalue weighted by Gasteiger charge is -2.09. The maximum atomic E-state index is 13.6. The topological polar surface area (TPSA) is 46.5 Å². The molecule has 2 aromatic rings. The summed E-state index contributed by atoms with van der Waals surface area (Å²) >= 11 is 3.31. The summed E-state index contributed by atoms with van der Waals surface area (Å²) in [5.41, 5.74) is 0.239. The molecule has 0 aliphatic carbocycles. The first-order valence-electron chi connectivity index (χ1n) is 5.47. The van der Waals surface area contributed by atoms with Crippen molar-refractivity contribution in [3.05, 3.63) is 63.9 Å². The summed E-state index contributed by atoms with van der Waals surface area (Å²) in [7, 11) is 0. The van der Waals surface area contributed by atoms with Crippen LogP contribution in [0.4, 0.5) is 4.39 Å². The summed E-state index contributed by atoms with van der Waals surface area (Å²) in [5.74, 6) is -1.01. The van der Waals surface area contributed by atoms with E-state index in [1.165, 1.54) is 12.1 Å². The summed E-state index contributed by atoms with van der Waals surface area (Å²) in [5, 5.41) is 8.86. The number of benzene rings is 2. The Balaban J connectivity index is 2.17. The van der Waals surface area contributed by atoms with Crippen LogP contribution < -0.4 is 4.74 Å². The van der Waals surface area contributed by atoms with E-state index in [4.69, 9.17) is 9.84 Å². The van der Waals surface area contributed by atoms with Crippen molar-refractivity contribution < 1.29 is 19.0 Å². The van der Waals surface area contributed by atoms with Crippen molar-refractivity contribution in [2.75, 3.05) is 0 Å². The van der Waals surface area contributed by atoms with Gasteiger partial charge >= 0.3 is 5.97 Å². The Morgan fingerprint density at radius 3 is 2.68 bits per heavy atom. The number of hydrogen-bond donors (Lipinski definition) is 1. The Hall–Kier alpha value is -1.88. The molecule has 0 amide bonds. The molecule has 2 rings (SSSR count). The molecule has 0 saturated heterocycles. The Kier molecular flexibility index (Phi) is 4.16. The minimum atomic E-state index is -1.10. The first-order chi connectivity index (χ1) is 9.08. The van der Waals surface area contributed by atoms with E-state index >= 15 is 0 Å². The molecule has 2 aromatic carbocycles. The average Bonchev–Trinajstić information content (AvgIpc) is 2.39. The van der Waals surface area contributed by atoms with Crippen LogP contribution in [0.2, 0.25) is 0 Å². The zero-order chi connectivity index (χ0) is 13.8. The number of carboxylic acid groups (broad SMARTS) is 1. The molecule has 0 aliphatic heterocycles. The average molecular weight is 325 g/mol. The number of ether oxygens (including phenoxy) is 1. The third-order valence-corrected chi connectivity index (χ3v) is 3.17. The van der Waals surface area contributed by atoms with E-state index < -0.39 is 11.8 Å². The van der Waals surface area contributed by atoms with Crippen LogP contribution in [0.25, 0.3) is 0 Å². The van der Waals surface area contributed by atoms with E-state index in [0.717, 1.165) is 10.5 Å². The molecule has 98 valence electrons. The molecule has 0 aromatic heterocycles. The minimum Gasteiger partial charge on any atom is -0.488 e. The molecule has 1 N–H and O–H groups in total. The van der Waals surface area contributed by atoms with Gasteiger partial charge in [0.2, 0.25) is 0 Å². The number of hydrogen-bond acceptors (Lipinski definition) is 2. The number of rotatable bonds is 4. The highest BCUT2D eigenvalue weighted by Gasteiger charge is 2.09. The molecule has 0 fully saturated rings. The van der Waals surface area contributed by atoms with Gasteiger partial charge in [-0.1, -0.05) is 12.1 Å². The van der Waals surface area contributed by atoms with Gasteiger partial charge < -0.3 is 9.84 Å². The monoisotopic (exact) mass is 324 g/mol. The number of para-hydroxylation sites is 1. The van der Waals surface area contributed by atoms with Gasteiger partial charge in [0.05, 0.1) is 10.0 Å². The first kappa shape index (κ1) is 13.5. The second-order valence-corrected chi connectivity index (χ2v) is 4.68. The molecule has 3 nitrogen and oxygen atoms in total. The molecule has 5 heteroatoms. The first-order valence-corrected chi connectivity index (χ1v) is 6.26. The maximum Gasteiger partial charge on any atom is 0.335 e. The highest BCUT2D eigenvalue weighted by Crippen LogP contribution is 2.25. The van der Waals surface area contributed by atoms with Gasteiger partial charge in [-0.3, -0.25) is 0 Å². The summed E-state index contributed by atoms with van der Waals surface area (Å²) in [6, 6.07) is 10.8. The van der Waals surface area contributed by atoms with Crippen LogP contribution in [0.5, 0.6) is 5.75 Å². The van der Waals surface area contributed by atoms with Crippen LogP contribution in [-0.2, 0) is 6.61 Å². The molecule has 0 unspecified atom stereocenters. The summed E-state index contributed by atoms with van der Waals surface area (Å²) in [4.78, 5) is 10.8. The molecule has 0 radical (unpaired) electrons. The van der Waals surface area contributed by atoms with Crippen molar-refractivity contribution >= 4 is 21.9 Å². The molecule has 0 aliphatic rings. The van der Waals surface area contributed by atoms with Gasteiger partial charge in [0.15, 0.2) is 0 Å². The normalized spacial score (nSPS) is 10.2. The van der Waals surface area contributed by atoms with Crippen molar-refractivity contribution in [2.45, 2.75) is 6.61 Å². The van der Waals surface area contributed by atoms with Gasteiger partial charge in [-0.2, -0.15) is 0 Å². The van der Waals surface area contributed by atoms with Gasteiger partial charge in [-0.25, -0.2) is 9.18 Å². The molecular weight excluding hydrogens is 315 g/mol. The SMILES string of the molecule is O=C(O)c1ccc(F)c(COc2ccccc2Br)c1. The fourth-order valence-electron chi connectivity index (χ4n) is 1.54. The second kappa shape index (κ2) is 5.84. The van der Waals surface area contributed by atoms with Crippen LogP contribution in [0, 0.1) is 5.82 Å². The molecular formula is C14H10BrFO3. The van der Waals surface area contributed by atoms with Crippen molar-refractivity contribution in [3.8, 4) is 5.75 Å². The van der Waals surface area contributed by atoms with Crippen LogP contribution in [0.1, 0.15) is 15.9 Å². The van der Waals surface area contributed by atoms with E-state index in [0.29, 0.717) is 5.75 Å². The summed E-state index contributed by atoms with van der Waals surface area (Å²) < 4.78 is 19.8. The Morgan fingerprint density at radius 1 is 1.26 bits per heavy atom. The Bertz CT molecular complexity index is 613. The highest BCUT2D eigenvalue weighted by molar-refractivity contribution is 9.10. The number of aromatic carboxylic acids is 1. The summed E-state index contributed by atoms with van der Waals surface area (Å²) in [6.07, 6.45) is 0. The van der Waals surface area contributed by atoms with E-state index in [1.807, 2.05) is 6.07 Å². The Morgan fingerprint density at radius 2 is 2.00 bits per heavy atom. The molecule has 0 saturated carbocycles. The molecule has 0 heterocycles.